The largest absolute Gasteiger partial charge is 0.458 e. The Labute approximate surface area is 267 Å². The average Bonchev–Trinajstić information content (AvgIpc) is 2.96. The van der Waals surface area contributed by atoms with Crippen molar-refractivity contribution in [3.63, 3.8) is 0 Å². The minimum Gasteiger partial charge on any atom is -0.458 e. The summed E-state index contributed by atoms with van der Waals surface area (Å²) < 4.78 is 11.0. The highest BCUT2D eigenvalue weighted by Gasteiger charge is 2.38. The van der Waals surface area contributed by atoms with E-state index in [-0.39, 0.29) is 13.0 Å². The van der Waals surface area contributed by atoms with Gasteiger partial charge in [-0.3, -0.25) is 9.59 Å². The third-order valence-electron chi connectivity index (χ3n) is 6.76. The van der Waals surface area contributed by atoms with Crippen molar-refractivity contribution in [1.29, 1.82) is 0 Å². The first-order valence-electron chi connectivity index (χ1n) is 15.6. The molecule has 3 atom stereocenters. The standard InChI is InChI=1S/C35H51N3O7/c1-9-11-21-38(31(41)28(23-39)37-33(43)45-35(6,7)8)29(26-19-17-24(10-2)18-20-26)30(40)36-27(32(42)44-34(3,4)5)22-25-15-13-12-14-16-25/h12-20,27-29,39H,9-11,21-23H2,1-8H3,(H,36,40)(H,37,43). The van der Waals surface area contributed by atoms with Gasteiger partial charge in [0.2, 0.25) is 11.8 Å². The first-order chi connectivity index (χ1) is 21.1. The normalized spacial score (nSPS) is 13.6. The number of aliphatic hydroxyl groups excluding tert-OH is 1. The molecule has 2 aromatic carbocycles. The molecule has 0 radical (unpaired) electrons. The number of hydrogen-bond acceptors (Lipinski definition) is 7. The summed E-state index contributed by atoms with van der Waals surface area (Å²) in [5, 5.41) is 15.5. The van der Waals surface area contributed by atoms with Gasteiger partial charge in [0, 0.05) is 13.0 Å². The lowest BCUT2D eigenvalue weighted by atomic mass is 9.99. The number of hydrogen-bond donors (Lipinski definition) is 3. The Morgan fingerprint density at radius 2 is 1.40 bits per heavy atom. The lowest BCUT2D eigenvalue weighted by molar-refractivity contribution is -0.159. The van der Waals surface area contributed by atoms with Crippen molar-refractivity contribution in [3.05, 3.63) is 71.3 Å². The molecule has 0 bridgehead atoms. The van der Waals surface area contributed by atoms with Gasteiger partial charge in [0.15, 0.2) is 0 Å². The number of carbonyl (C=O) groups excluding carboxylic acids is 4. The van der Waals surface area contributed by atoms with Crippen LogP contribution in [0, 0.1) is 0 Å². The van der Waals surface area contributed by atoms with Crippen LogP contribution in [0.2, 0.25) is 0 Å². The Morgan fingerprint density at radius 3 is 1.91 bits per heavy atom. The molecule has 3 N–H and O–H groups in total. The van der Waals surface area contributed by atoms with Crippen molar-refractivity contribution in [1.82, 2.24) is 15.5 Å². The van der Waals surface area contributed by atoms with Gasteiger partial charge in [-0.1, -0.05) is 74.9 Å². The number of unbranched alkanes of at least 4 members (excludes halogenated alkanes) is 1. The number of esters is 1. The van der Waals surface area contributed by atoms with Gasteiger partial charge in [-0.2, -0.15) is 0 Å². The summed E-state index contributed by atoms with van der Waals surface area (Å²) in [5.41, 5.74) is 0.758. The monoisotopic (exact) mass is 625 g/mol. The van der Waals surface area contributed by atoms with Crippen LogP contribution in [0.4, 0.5) is 4.79 Å². The fraction of sp³-hybridized carbons (Fsp3) is 0.543. The summed E-state index contributed by atoms with van der Waals surface area (Å²) in [6.07, 6.45) is 1.34. The molecule has 0 spiro atoms. The van der Waals surface area contributed by atoms with Gasteiger partial charge in [-0.05, 0) is 71.1 Å². The molecule has 0 aliphatic heterocycles. The topological polar surface area (TPSA) is 134 Å². The van der Waals surface area contributed by atoms with E-state index in [1.165, 1.54) is 4.90 Å². The number of aryl methyl sites for hydroxylation is 1. The van der Waals surface area contributed by atoms with Gasteiger partial charge >= 0.3 is 12.1 Å². The summed E-state index contributed by atoms with van der Waals surface area (Å²) in [7, 11) is 0. The zero-order chi connectivity index (χ0) is 33.8. The number of carbonyl (C=O) groups is 4. The zero-order valence-corrected chi connectivity index (χ0v) is 28.0. The highest BCUT2D eigenvalue weighted by molar-refractivity contribution is 5.94. The lowest BCUT2D eigenvalue weighted by Gasteiger charge is -2.35. The van der Waals surface area contributed by atoms with Gasteiger partial charge in [-0.15, -0.1) is 0 Å². The van der Waals surface area contributed by atoms with E-state index in [0.29, 0.717) is 18.4 Å². The van der Waals surface area contributed by atoms with E-state index in [2.05, 4.69) is 10.6 Å². The number of ether oxygens (including phenoxy) is 2. The third-order valence-corrected chi connectivity index (χ3v) is 6.76. The molecule has 0 aromatic heterocycles. The second-order valence-corrected chi connectivity index (χ2v) is 13.0. The van der Waals surface area contributed by atoms with Crippen molar-refractivity contribution in [3.8, 4) is 0 Å². The van der Waals surface area contributed by atoms with Gasteiger partial charge in [0.1, 0.15) is 29.3 Å². The maximum absolute atomic E-state index is 14.3. The predicted octanol–water partition coefficient (Wildman–Crippen LogP) is 4.87. The van der Waals surface area contributed by atoms with Crippen LogP contribution in [0.5, 0.6) is 0 Å². The molecule has 0 aliphatic carbocycles. The average molecular weight is 626 g/mol. The summed E-state index contributed by atoms with van der Waals surface area (Å²) in [6, 6.07) is 13.0. The highest BCUT2D eigenvalue weighted by atomic mass is 16.6. The molecular formula is C35H51N3O7. The SMILES string of the molecule is CCCCN(C(=O)C(CO)NC(=O)OC(C)(C)C)C(C(=O)NC(Cc1ccccc1)C(=O)OC(C)(C)C)c1ccc(CC)cc1. The lowest BCUT2D eigenvalue weighted by Crippen LogP contribution is -2.56. The van der Waals surface area contributed by atoms with Crippen molar-refractivity contribution in [2.45, 2.75) is 110 Å². The molecule has 10 nitrogen and oxygen atoms in total. The van der Waals surface area contributed by atoms with Crippen molar-refractivity contribution in [2.75, 3.05) is 13.2 Å². The molecule has 10 heteroatoms. The van der Waals surface area contributed by atoms with Crippen molar-refractivity contribution in [2.24, 2.45) is 0 Å². The van der Waals surface area contributed by atoms with Crippen LogP contribution in [0.3, 0.4) is 0 Å². The summed E-state index contributed by atoms with van der Waals surface area (Å²) in [6.45, 7) is 13.7. The number of alkyl carbamates (subject to hydrolysis) is 1. The third kappa shape index (κ3) is 12.5. The van der Waals surface area contributed by atoms with E-state index in [9.17, 15) is 24.3 Å². The van der Waals surface area contributed by atoms with Gasteiger partial charge in [0.25, 0.3) is 0 Å². The number of aliphatic hydroxyl groups is 1. The summed E-state index contributed by atoms with van der Waals surface area (Å²) in [5.74, 6) is -1.86. The van der Waals surface area contributed by atoms with Gasteiger partial charge in [-0.25, -0.2) is 9.59 Å². The van der Waals surface area contributed by atoms with Crippen molar-refractivity contribution < 1.29 is 33.8 Å². The minimum absolute atomic E-state index is 0.158. The van der Waals surface area contributed by atoms with E-state index in [4.69, 9.17) is 9.47 Å². The smallest absolute Gasteiger partial charge is 0.408 e. The molecule has 248 valence electrons. The van der Waals surface area contributed by atoms with Gasteiger partial charge < -0.3 is 30.1 Å². The molecule has 2 aromatic rings. The number of benzene rings is 2. The van der Waals surface area contributed by atoms with E-state index in [0.717, 1.165) is 17.5 Å². The van der Waals surface area contributed by atoms with E-state index in [1.54, 1.807) is 53.7 Å². The Morgan fingerprint density at radius 1 is 0.800 bits per heavy atom. The molecule has 0 saturated carbocycles. The molecular weight excluding hydrogens is 574 g/mol. The second kappa shape index (κ2) is 17.0. The molecule has 3 amide bonds. The maximum atomic E-state index is 14.3. The number of amides is 3. The van der Waals surface area contributed by atoms with Crippen LogP contribution in [0.1, 0.15) is 91.0 Å². The Balaban J connectivity index is 2.56. The Kier molecular flexibility index (Phi) is 14.0. The molecule has 0 heterocycles. The fourth-order valence-electron chi connectivity index (χ4n) is 4.61. The van der Waals surface area contributed by atoms with Crippen LogP contribution in [0.15, 0.2) is 54.6 Å². The maximum Gasteiger partial charge on any atom is 0.408 e. The van der Waals surface area contributed by atoms with Gasteiger partial charge in [0.05, 0.1) is 6.61 Å². The first-order valence-corrected chi connectivity index (χ1v) is 15.6. The molecule has 0 saturated heterocycles. The van der Waals surface area contributed by atoms with E-state index < -0.39 is 59.8 Å². The second-order valence-electron chi connectivity index (χ2n) is 13.0. The quantitative estimate of drug-likeness (QED) is 0.255. The van der Waals surface area contributed by atoms with Crippen molar-refractivity contribution >= 4 is 23.9 Å². The Bertz CT molecular complexity index is 1250. The van der Waals surface area contributed by atoms with Crippen LogP contribution in [-0.2, 0) is 36.7 Å². The number of rotatable bonds is 14. The number of nitrogens with one attached hydrogen (secondary N) is 2. The van der Waals surface area contributed by atoms with Crippen LogP contribution >= 0.6 is 0 Å². The first kappa shape index (κ1) is 37.3. The summed E-state index contributed by atoms with van der Waals surface area (Å²) >= 11 is 0. The minimum atomic E-state index is -1.37. The molecule has 3 unspecified atom stereocenters. The molecule has 45 heavy (non-hydrogen) atoms. The highest BCUT2D eigenvalue weighted by Crippen LogP contribution is 2.25. The van der Waals surface area contributed by atoms with E-state index >= 15 is 0 Å². The molecule has 2 rings (SSSR count). The van der Waals surface area contributed by atoms with E-state index in [1.807, 2.05) is 56.3 Å². The predicted molar refractivity (Wildman–Crippen MR) is 173 cm³/mol. The Hall–Kier alpha value is -3.92. The zero-order valence-electron chi connectivity index (χ0n) is 28.0. The van der Waals surface area contributed by atoms with Crippen LogP contribution < -0.4 is 10.6 Å². The van der Waals surface area contributed by atoms with Crippen LogP contribution in [-0.4, -0.2) is 70.3 Å². The molecule has 0 aliphatic rings. The molecule has 0 fully saturated rings. The van der Waals surface area contributed by atoms with Crippen LogP contribution in [0.25, 0.3) is 0 Å². The summed E-state index contributed by atoms with van der Waals surface area (Å²) in [4.78, 5) is 55.7. The number of nitrogens with zero attached hydrogens (tertiary/aromatic N) is 1. The fourth-order valence-corrected chi connectivity index (χ4v) is 4.61.